The minimum Gasteiger partial charge on any atom is -0.507 e. The number of aromatic hydroxyl groups is 1. The van der Waals surface area contributed by atoms with Gasteiger partial charge in [0.2, 0.25) is 0 Å². The Labute approximate surface area is 165 Å². The topological polar surface area (TPSA) is 67.8 Å². The molecule has 0 spiro atoms. The molecule has 0 radical (unpaired) electrons. The molecule has 0 aliphatic carbocycles. The van der Waals surface area contributed by atoms with Gasteiger partial charge in [-0.2, -0.15) is 0 Å². The SMILES string of the molecule is COCCOC(=O)c1ccc(NSc2c(Cl)sc(Cl)c2Br)cc1O. The van der Waals surface area contributed by atoms with E-state index in [-0.39, 0.29) is 17.9 Å². The fourth-order valence-electron chi connectivity index (χ4n) is 1.60. The number of hydrogen-bond acceptors (Lipinski definition) is 7. The molecule has 2 N–H and O–H groups in total. The summed E-state index contributed by atoms with van der Waals surface area (Å²) >= 11 is 17.9. The highest BCUT2D eigenvalue weighted by Crippen LogP contribution is 2.45. The smallest absolute Gasteiger partial charge is 0.341 e. The molecule has 10 heteroatoms. The van der Waals surface area contributed by atoms with E-state index in [9.17, 15) is 9.90 Å². The molecule has 0 fully saturated rings. The largest absolute Gasteiger partial charge is 0.507 e. The number of ether oxygens (including phenoxy) is 2. The van der Waals surface area contributed by atoms with Gasteiger partial charge in [-0.05, 0) is 40.0 Å². The fourth-order valence-corrected chi connectivity index (χ4v) is 4.95. The average Bonchev–Trinajstić information content (AvgIpc) is 2.78. The normalized spacial score (nSPS) is 10.7. The van der Waals surface area contributed by atoms with Gasteiger partial charge in [-0.25, -0.2) is 4.79 Å². The molecule has 1 aromatic heterocycles. The second-order valence-electron chi connectivity index (χ2n) is 4.36. The second-order valence-corrected chi connectivity index (χ2v) is 8.19. The van der Waals surface area contributed by atoms with Gasteiger partial charge >= 0.3 is 5.97 Å². The van der Waals surface area contributed by atoms with Crippen molar-refractivity contribution in [3.8, 4) is 5.75 Å². The Morgan fingerprint density at radius 2 is 2.12 bits per heavy atom. The number of carbonyl (C=O) groups is 1. The summed E-state index contributed by atoms with van der Waals surface area (Å²) in [5.74, 6) is -0.796. The summed E-state index contributed by atoms with van der Waals surface area (Å²) in [5, 5.41) is 9.99. The summed E-state index contributed by atoms with van der Waals surface area (Å²) in [6.45, 7) is 0.414. The van der Waals surface area contributed by atoms with Gasteiger partial charge < -0.3 is 19.3 Å². The molecule has 0 saturated carbocycles. The molecule has 0 amide bonds. The molecule has 0 aliphatic heterocycles. The zero-order chi connectivity index (χ0) is 17.7. The minimum absolute atomic E-state index is 0.0828. The minimum atomic E-state index is -0.612. The van der Waals surface area contributed by atoms with Crippen LogP contribution in [0, 0.1) is 0 Å². The van der Waals surface area contributed by atoms with Crippen LogP contribution in [0.4, 0.5) is 5.69 Å². The van der Waals surface area contributed by atoms with Crippen LogP contribution in [0.2, 0.25) is 8.67 Å². The van der Waals surface area contributed by atoms with Crippen molar-refractivity contribution in [2.45, 2.75) is 4.90 Å². The highest BCUT2D eigenvalue weighted by molar-refractivity contribution is 9.10. The summed E-state index contributed by atoms with van der Waals surface area (Å²) < 4.78 is 14.6. The monoisotopic (exact) mass is 471 g/mol. The maximum absolute atomic E-state index is 11.8. The lowest BCUT2D eigenvalue weighted by molar-refractivity contribution is 0.0385. The van der Waals surface area contributed by atoms with Crippen LogP contribution in [0.1, 0.15) is 10.4 Å². The van der Waals surface area contributed by atoms with E-state index in [2.05, 4.69) is 20.7 Å². The van der Waals surface area contributed by atoms with Crippen LogP contribution in [0.5, 0.6) is 5.75 Å². The number of phenolic OH excluding ortho intramolecular Hbond substituents is 1. The predicted octanol–water partition coefficient (Wildman–Crippen LogP) is 5.45. The number of carbonyl (C=O) groups excluding carboxylic acids is 1. The quantitative estimate of drug-likeness (QED) is 0.317. The standard InChI is InChI=1S/C14H12BrCl2NO4S2/c1-21-4-5-22-14(20)8-3-2-7(6-9(8)19)18-24-11-10(15)12(16)23-13(11)17/h2-3,6,18-19H,4-5H2,1H3. The van der Waals surface area contributed by atoms with Gasteiger partial charge in [0.05, 0.1) is 16.0 Å². The van der Waals surface area contributed by atoms with Crippen LogP contribution < -0.4 is 4.72 Å². The molecule has 1 aromatic carbocycles. The molecule has 24 heavy (non-hydrogen) atoms. The first-order chi connectivity index (χ1) is 11.4. The number of nitrogens with one attached hydrogen (secondary N) is 1. The third-order valence-corrected chi connectivity index (χ3v) is 7.08. The maximum Gasteiger partial charge on any atom is 0.341 e. The Morgan fingerprint density at radius 1 is 1.38 bits per heavy atom. The molecule has 0 unspecified atom stereocenters. The van der Waals surface area contributed by atoms with E-state index in [1.807, 2.05) is 0 Å². The van der Waals surface area contributed by atoms with Gasteiger partial charge in [-0.15, -0.1) is 11.3 Å². The highest BCUT2D eigenvalue weighted by Gasteiger charge is 2.16. The summed E-state index contributed by atoms with van der Waals surface area (Å²) in [4.78, 5) is 12.6. The third-order valence-electron chi connectivity index (χ3n) is 2.74. The summed E-state index contributed by atoms with van der Waals surface area (Å²) in [6, 6.07) is 4.55. The predicted molar refractivity (Wildman–Crippen MR) is 102 cm³/mol. The van der Waals surface area contributed by atoms with Crippen molar-refractivity contribution in [2.75, 3.05) is 25.0 Å². The lowest BCUT2D eigenvalue weighted by Crippen LogP contribution is -2.10. The van der Waals surface area contributed by atoms with Gasteiger partial charge in [0.25, 0.3) is 0 Å². The van der Waals surface area contributed by atoms with E-state index in [4.69, 9.17) is 32.7 Å². The molecular formula is C14H12BrCl2NO4S2. The highest BCUT2D eigenvalue weighted by atomic mass is 79.9. The molecule has 5 nitrogen and oxygen atoms in total. The molecule has 0 atom stereocenters. The molecule has 0 bridgehead atoms. The molecule has 130 valence electrons. The van der Waals surface area contributed by atoms with Crippen LogP contribution in [-0.2, 0) is 9.47 Å². The molecule has 2 aromatic rings. The Morgan fingerprint density at radius 3 is 2.71 bits per heavy atom. The van der Waals surface area contributed by atoms with Crippen molar-refractivity contribution >= 4 is 74.1 Å². The van der Waals surface area contributed by atoms with Gasteiger partial charge in [0.15, 0.2) is 0 Å². The molecule has 0 saturated heterocycles. The lowest BCUT2D eigenvalue weighted by Gasteiger charge is -2.09. The summed E-state index contributed by atoms with van der Waals surface area (Å²) in [7, 11) is 1.51. The number of anilines is 1. The van der Waals surface area contributed by atoms with E-state index < -0.39 is 5.97 Å². The van der Waals surface area contributed by atoms with Gasteiger partial charge in [-0.1, -0.05) is 23.2 Å². The lowest BCUT2D eigenvalue weighted by atomic mass is 10.2. The van der Waals surface area contributed by atoms with Crippen LogP contribution in [-0.4, -0.2) is 31.4 Å². The first-order valence-corrected chi connectivity index (χ1v) is 9.67. The van der Waals surface area contributed by atoms with Crippen molar-refractivity contribution < 1.29 is 19.4 Å². The summed E-state index contributed by atoms with van der Waals surface area (Å²) in [6.07, 6.45) is 0. The van der Waals surface area contributed by atoms with E-state index in [0.717, 1.165) is 4.90 Å². The fraction of sp³-hybridized carbons (Fsp3) is 0.214. The van der Waals surface area contributed by atoms with Crippen LogP contribution in [0.25, 0.3) is 0 Å². The number of esters is 1. The number of halogens is 3. The maximum atomic E-state index is 11.8. The zero-order valence-electron chi connectivity index (χ0n) is 12.3. The average molecular weight is 473 g/mol. The van der Waals surface area contributed by atoms with Crippen molar-refractivity contribution in [2.24, 2.45) is 0 Å². The molecule has 2 rings (SSSR count). The van der Waals surface area contributed by atoms with Crippen molar-refractivity contribution in [3.63, 3.8) is 0 Å². The van der Waals surface area contributed by atoms with E-state index in [0.29, 0.717) is 25.4 Å². The number of rotatable bonds is 7. The van der Waals surface area contributed by atoms with E-state index in [1.165, 1.54) is 42.5 Å². The Bertz CT molecular complexity index is 742. The second kappa shape index (κ2) is 9.17. The van der Waals surface area contributed by atoms with Crippen molar-refractivity contribution in [1.82, 2.24) is 0 Å². The third kappa shape index (κ3) is 4.93. The number of thiophene rings is 1. The number of phenols is 1. The first-order valence-electron chi connectivity index (χ1n) is 6.49. The van der Waals surface area contributed by atoms with Crippen LogP contribution >= 0.6 is 62.4 Å². The Hall–Kier alpha value is -0.640. The van der Waals surface area contributed by atoms with Crippen molar-refractivity contribution in [3.05, 3.63) is 36.9 Å². The molecular weight excluding hydrogens is 461 g/mol. The zero-order valence-corrected chi connectivity index (χ0v) is 17.0. The molecule has 1 heterocycles. The van der Waals surface area contributed by atoms with E-state index >= 15 is 0 Å². The number of benzene rings is 1. The first kappa shape index (κ1) is 19.7. The van der Waals surface area contributed by atoms with Crippen LogP contribution in [0.15, 0.2) is 27.6 Å². The van der Waals surface area contributed by atoms with Crippen molar-refractivity contribution in [1.29, 1.82) is 0 Å². The number of hydrogen-bond donors (Lipinski definition) is 2. The van der Waals surface area contributed by atoms with Gasteiger partial charge in [-0.3, -0.25) is 0 Å². The van der Waals surface area contributed by atoms with Crippen LogP contribution in [0.3, 0.4) is 0 Å². The van der Waals surface area contributed by atoms with Gasteiger partial charge in [0, 0.05) is 18.9 Å². The van der Waals surface area contributed by atoms with Gasteiger partial charge in [0.1, 0.15) is 26.6 Å². The Kier molecular flexibility index (Phi) is 7.52. The Balaban J connectivity index is 2.03. The molecule has 0 aliphatic rings. The van der Waals surface area contributed by atoms with E-state index in [1.54, 1.807) is 6.07 Å². The number of methoxy groups -OCH3 is 1. The summed E-state index contributed by atoms with van der Waals surface area (Å²) in [5.41, 5.74) is 0.677.